The van der Waals surface area contributed by atoms with Gasteiger partial charge in [-0.05, 0) is 31.3 Å². The third kappa shape index (κ3) is 4.52. The lowest BCUT2D eigenvalue weighted by atomic mass is 10.1. The Balaban J connectivity index is 2.67. The summed E-state index contributed by atoms with van der Waals surface area (Å²) in [6.45, 7) is 6.04. The lowest BCUT2D eigenvalue weighted by molar-refractivity contribution is 0.402. The largest absolute Gasteiger partial charge is 0.310 e. The van der Waals surface area contributed by atoms with Crippen LogP contribution in [0, 0.1) is 0 Å². The minimum Gasteiger partial charge on any atom is -0.310 e. The molecule has 0 unspecified atom stereocenters. The molecule has 0 bridgehead atoms. The van der Waals surface area contributed by atoms with Gasteiger partial charge in [-0.3, -0.25) is 0 Å². The van der Waals surface area contributed by atoms with Crippen LogP contribution in [0.15, 0.2) is 18.2 Å². The van der Waals surface area contributed by atoms with Crippen molar-refractivity contribution >= 4 is 11.6 Å². The second-order valence-corrected chi connectivity index (χ2v) is 5.11. The Kier molecular flexibility index (Phi) is 5.26. The Bertz CT molecular complexity index is 335. The molecule has 1 aromatic carbocycles. The van der Waals surface area contributed by atoms with Crippen LogP contribution >= 0.6 is 11.6 Å². The van der Waals surface area contributed by atoms with E-state index in [-0.39, 0.29) is 0 Å². The van der Waals surface area contributed by atoms with E-state index >= 15 is 0 Å². The van der Waals surface area contributed by atoms with Crippen LogP contribution in [0.25, 0.3) is 0 Å². The van der Waals surface area contributed by atoms with Crippen molar-refractivity contribution < 1.29 is 0 Å². The summed E-state index contributed by atoms with van der Waals surface area (Å²) in [5.74, 6) is 0. The molecule has 0 atom stereocenters. The van der Waals surface area contributed by atoms with Gasteiger partial charge in [0.25, 0.3) is 0 Å². The molecule has 1 N–H and O–H groups in total. The van der Waals surface area contributed by atoms with Gasteiger partial charge in [0.15, 0.2) is 0 Å². The fraction of sp³-hybridized carbons (Fsp3) is 0.538. The first-order valence-electron chi connectivity index (χ1n) is 5.64. The molecule has 3 heteroatoms. The monoisotopic (exact) mass is 240 g/mol. The molecule has 90 valence electrons. The Labute approximate surface area is 104 Å². The maximum atomic E-state index is 6.23. The van der Waals surface area contributed by atoms with Crippen molar-refractivity contribution in [3.8, 4) is 0 Å². The zero-order chi connectivity index (χ0) is 12.1. The van der Waals surface area contributed by atoms with Gasteiger partial charge >= 0.3 is 0 Å². The SMILES string of the molecule is CC(C)NCc1ccc(CN(C)C)c(Cl)c1. The van der Waals surface area contributed by atoms with Crippen molar-refractivity contribution in [2.45, 2.75) is 33.0 Å². The quantitative estimate of drug-likeness (QED) is 0.852. The van der Waals surface area contributed by atoms with E-state index in [0.717, 1.165) is 18.1 Å². The van der Waals surface area contributed by atoms with Crippen molar-refractivity contribution in [2.75, 3.05) is 14.1 Å². The highest BCUT2D eigenvalue weighted by atomic mass is 35.5. The van der Waals surface area contributed by atoms with Crippen LogP contribution in [0.5, 0.6) is 0 Å². The van der Waals surface area contributed by atoms with Crippen LogP contribution in [0.1, 0.15) is 25.0 Å². The average Bonchev–Trinajstić information content (AvgIpc) is 2.18. The molecule has 0 aliphatic heterocycles. The van der Waals surface area contributed by atoms with Crippen LogP contribution in [-0.4, -0.2) is 25.0 Å². The molecule has 0 radical (unpaired) electrons. The molecule has 2 nitrogen and oxygen atoms in total. The fourth-order valence-electron chi connectivity index (χ4n) is 1.49. The molecule has 0 amide bonds. The molecular formula is C13H21ClN2. The first kappa shape index (κ1) is 13.5. The maximum absolute atomic E-state index is 6.23. The molecule has 0 saturated heterocycles. The summed E-state index contributed by atoms with van der Waals surface area (Å²) in [6, 6.07) is 6.80. The third-order valence-corrected chi connectivity index (χ3v) is 2.67. The van der Waals surface area contributed by atoms with Crippen LogP contribution in [-0.2, 0) is 13.1 Å². The van der Waals surface area contributed by atoms with Crippen molar-refractivity contribution in [3.63, 3.8) is 0 Å². The minimum absolute atomic E-state index is 0.500. The maximum Gasteiger partial charge on any atom is 0.0454 e. The summed E-state index contributed by atoms with van der Waals surface area (Å²) in [4.78, 5) is 2.12. The number of halogens is 1. The normalized spacial score (nSPS) is 11.4. The van der Waals surface area contributed by atoms with Gasteiger partial charge in [-0.25, -0.2) is 0 Å². The lowest BCUT2D eigenvalue weighted by Gasteiger charge is -2.13. The van der Waals surface area contributed by atoms with Gasteiger partial charge in [-0.2, -0.15) is 0 Å². The van der Waals surface area contributed by atoms with Gasteiger partial charge in [0.2, 0.25) is 0 Å². The van der Waals surface area contributed by atoms with Crippen molar-refractivity contribution in [1.82, 2.24) is 10.2 Å². The first-order valence-corrected chi connectivity index (χ1v) is 6.02. The average molecular weight is 241 g/mol. The number of hydrogen-bond acceptors (Lipinski definition) is 2. The predicted molar refractivity (Wildman–Crippen MR) is 70.8 cm³/mol. The molecule has 1 rings (SSSR count). The van der Waals surface area contributed by atoms with E-state index in [1.54, 1.807) is 0 Å². The smallest absolute Gasteiger partial charge is 0.0454 e. The summed E-state index contributed by atoms with van der Waals surface area (Å²) >= 11 is 6.23. The first-order chi connectivity index (χ1) is 7.49. The fourth-order valence-corrected chi connectivity index (χ4v) is 1.75. The van der Waals surface area contributed by atoms with Crippen LogP contribution in [0.2, 0.25) is 5.02 Å². The van der Waals surface area contributed by atoms with E-state index in [0.29, 0.717) is 6.04 Å². The highest BCUT2D eigenvalue weighted by Gasteiger charge is 2.03. The topological polar surface area (TPSA) is 15.3 Å². The van der Waals surface area contributed by atoms with Crippen molar-refractivity contribution in [2.24, 2.45) is 0 Å². The van der Waals surface area contributed by atoms with Crippen LogP contribution in [0.3, 0.4) is 0 Å². The molecule has 0 aliphatic rings. The van der Waals surface area contributed by atoms with Gasteiger partial charge in [0.1, 0.15) is 0 Å². The highest BCUT2D eigenvalue weighted by Crippen LogP contribution is 2.19. The van der Waals surface area contributed by atoms with Gasteiger partial charge in [-0.1, -0.05) is 37.6 Å². The molecule has 0 heterocycles. The third-order valence-electron chi connectivity index (χ3n) is 2.32. The molecular weight excluding hydrogens is 220 g/mol. The Morgan fingerprint density at radius 1 is 1.31 bits per heavy atom. The zero-order valence-corrected chi connectivity index (χ0v) is 11.3. The number of nitrogens with one attached hydrogen (secondary N) is 1. The van der Waals surface area contributed by atoms with Gasteiger partial charge in [0.05, 0.1) is 0 Å². The number of nitrogens with zero attached hydrogens (tertiary/aromatic N) is 1. The van der Waals surface area contributed by atoms with E-state index < -0.39 is 0 Å². The Morgan fingerprint density at radius 3 is 2.50 bits per heavy atom. The number of benzene rings is 1. The van der Waals surface area contributed by atoms with E-state index in [4.69, 9.17) is 11.6 Å². The molecule has 16 heavy (non-hydrogen) atoms. The van der Waals surface area contributed by atoms with Gasteiger partial charge in [0, 0.05) is 24.2 Å². The summed E-state index contributed by atoms with van der Waals surface area (Å²) in [5, 5.41) is 4.24. The standard InChI is InChI=1S/C13H21ClN2/c1-10(2)15-8-11-5-6-12(9-16(3)4)13(14)7-11/h5-7,10,15H,8-9H2,1-4H3. The number of hydrogen-bond donors (Lipinski definition) is 1. The molecule has 0 fully saturated rings. The van der Waals surface area contributed by atoms with Gasteiger partial charge < -0.3 is 10.2 Å². The molecule has 0 spiro atoms. The van der Waals surface area contributed by atoms with E-state index in [9.17, 15) is 0 Å². The van der Waals surface area contributed by atoms with Crippen molar-refractivity contribution in [3.05, 3.63) is 34.3 Å². The summed E-state index contributed by atoms with van der Waals surface area (Å²) in [5.41, 5.74) is 2.42. The summed E-state index contributed by atoms with van der Waals surface area (Å²) < 4.78 is 0. The Hall–Kier alpha value is -0.570. The van der Waals surface area contributed by atoms with Crippen molar-refractivity contribution in [1.29, 1.82) is 0 Å². The second-order valence-electron chi connectivity index (χ2n) is 4.70. The molecule has 0 aliphatic carbocycles. The van der Waals surface area contributed by atoms with Crippen LogP contribution < -0.4 is 5.32 Å². The summed E-state index contributed by atoms with van der Waals surface area (Å²) in [6.07, 6.45) is 0. The van der Waals surface area contributed by atoms with Crippen LogP contribution in [0.4, 0.5) is 0 Å². The second kappa shape index (κ2) is 6.24. The van der Waals surface area contributed by atoms with Gasteiger partial charge in [-0.15, -0.1) is 0 Å². The lowest BCUT2D eigenvalue weighted by Crippen LogP contribution is -2.21. The minimum atomic E-state index is 0.500. The molecule has 1 aromatic rings. The number of rotatable bonds is 5. The van der Waals surface area contributed by atoms with E-state index in [2.05, 4.69) is 42.3 Å². The predicted octanol–water partition coefficient (Wildman–Crippen LogP) is 2.90. The highest BCUT2D eigenvalue weighted by molar-refractivity contribution is 6.31. The molecule has 0 aromatic heterocycles. The summed E-state index contributed by atoms with van der Waals surface area (Å²) in [7, 11) is 4.09. The Morgan fingerprint density at radius 2 is 2.00 bits per heavy atom. The zero-order valence-electron chi connectivity index (χ0n) is 10.5. The molecule has 0 saturated carbocycles. The van der Waals surface area contributed by atoms with E-state index in [1.165, 1.54) is 11.1 Å². The van der Waals surface area contributed by atoms with E-state index in [1.807, 2.05) is 14.1 Å².